The molecule has 0 unspecified atom stereocenters. The number of benzene rings is 4. The number of sulfonamides is 1. The van der Waals surface area contributed by atoms with Gasteiger partial charge in [-0.05, 0) is 86.7 Å². The summed E-state index contributed by atoms with van der Waals surface area (Å²) in [4.78, 5) is 30.4. The second kappa shape index (κ2) is 15.6. The first-order valence-corrected chi connectivity index (χ1v) is 18.4. The topological polar surface area (TPSA) is 86.8 Å². The van der Waals surface area contributed by atoms with E-state index in [1.807, 2.05) is 57.2 Å². The molecule has 0 aromatic heterocycles. The lowest BCUT2D eigenvalue weighted by Crippen LogP contribution is -2.54. The lowest BCUT2D eigenvalue weighted by molar-refractivity contribution is -0.140. The Hall–Kier alpha value is -3.85. The predicted octanol–water partition coefficient (Wildman–Crippen LogP) is 7.81. The van der Waals surface area contributed by atoms with E-state index in [1.165, 1.54) is 17.0 Å². The van der Waals surface area contributed by atoms with Crippen molar-refractivity contribution < 1.29 is 18.0 Å². The number of carbonyl (C=O) groups is 2. The number of amides is 2. The van der Waals surface area contributed by atoms with Crippen LogP contribution in [0.3, 0.4) is 0 Å². The summed E-state index contributed by atoms with van der Waals surface area (Å²) in [7, 11) is -4.21. The van der Waals surface area contributed by atoms with Gasteiger partial charge in [0.2, 0.25) is 11.8 Å². The Bertz CT molecular complexity index is 1840. The molecule has 1 atom stereocenters. The Balaban J connectivity index is 1.61. The zero-order chi connectivity index (χ0) is 34.4. The molecule has 1 aliphatic carbocycles. The highest BCUT2D eigenvalue weighted by Crippen LogP contribution is 2.30. The smallest absolute Gasteiger partial charge is 0.264 e. The largest absolute Gasteiger partial charge is 0.352 e. The standard InChI is InChI=1S/C38H41Cl2N3O4S/c1-26-16-20-32(21-17-26)48(46,47)43(31-19-18-27(2)28(3)22-31)25-37(44)42(24-33-34(39)14-9-15-35(33)40)36(23-29-10-5-4-6-11-29)38(45)41-30-12-7-8-13-30/h4-6,9-11,14-22,30,36H,7-8,12-13,23-25H2,1-3H3,(H,41,45)/t36-/m0/s1. The predicted molar refractivity (Wildman–Crippen MR) is 193 cm³/mol. The van der Waals surface area contributed by atoms with Crippen LogP contribution in [-0.4, -0.2) is 43.8 Å². The first-order chi connectivity index (χ1) is 22.9. The summed E-state index contributed by atoms with van der Waals surface area (Å²) in [6.07, 6.45) is 3.98. The van der Waals surface area contributed by atoms with Crippen molar-refractivity contribution in [3.63, 3.8) is 0 Å². The molecule has 2 amide bonds. The van der Waals surface area contributed by atoms with Crippen LogP contribution < -0.4 is 9.62 Å². The maximum Gasteiger partial charge on any atom is 0.264 e. The van der Waals surface area contributed by atoms with Gasteiger partial charge in [0.1, 0.15) is 12.6 Å². The third-order valence-electron chi connectivity index (χ3n) is 9.03. The molecule has 0 radical (unpaired) electrons. The molecular weight excluding hydrogens is 665 g/mol. The molecule has 4 aromatic carbocycles. The number of nitrogens with one attached hydrogen (secondary N) is 1. The van der Waals surface area contributed by atoms with E-state index in [0.717, 1.165) is 52.2 Å². The third-order valence-corrected chi connectivity index (χ3v) is 11.5. The molecule has 0 heterocycles. The zero-order valence-electron chi connectivity index (χ0n) is 27.5. The number of anilines is 1. The van der Waals surface area contributed by atoms with Gasteiger partial charge in [-0.3, -0.25) is 13.9 Å². The molecule has 1 saturated carbocycles. The van der Waals surface area contributed by atoms with Crippen LogP contribution in [0, 0.1) is 20.8 Å². The maximum absolute atomic E-state index is 14.8. The number of rotatable bonds is 12. The minimum atomic E-state index is -4.21. The van der Waals surface area contributed by atoms with E-state index in [2.05, 4.69) is 5.32 Å². The molecular formula is C38H41Cl2N3O4S. The van der Waals surface area contributed by atoms with Gasteiger partial charge >= 0.3 is 0 Å². The van der Waals surface area contributed by atoms with Crippen LogP contribution in [0.1, 0.15) is 53.5 Å². The normalized spacial score (nSPS) is 14.0. The number of carbonyl (C=O) groups excluding carboxylic acids is 2. The summed E-state index contributed by atoms with van der Waals surface area (Å²) in [5, 5.41) is 3.86. The second-order valence-electron chi connectivity index (χ2n) is 12.5. The van der Waals surface area contributed by atoms with E-state index in [4.69, 9.17) is 23.2 Å². The lowest BCUT2D eigenvalue weighted by atomic mass is 10.0. The van der Waals surface area contributed by atoms with Gasteiger partial charge in [-0.2, -0.15) is 0 Å². The Morgan fingerprint density at radius 2 is 1.48 bits per heavy atom. The average Bonchev–Trinajstić information content (AvgIpc) is 3.57. The first kappa shape index (κ1) is 35.5. The van der Waals surface area contributed by atoms with Crippen molar-refractivity contribution in [2.24, 2.45) is 0 Å². The van der Waals surface area contributed by atoms with Crippen molar-refractivity contribution in [3.05, 3.63) is 129 Å². The Kier molecular flexibility index (Phi) is 11.5. The summed E-state index contributed by atoms with van der Waals surface area (Å²) < 4.78 is 29.8. The van der Waals surface area contributed by atoms with Crippen molar-refractivity contribution in [2.75, 3.05) is 10.8 Å². The molecule has 5 rings (SSSR count). The van der Waals surface area contributed by atoms with Crippen LogP contribution in [-0.2, 0) is 32.6 Å². The second-order valence-corrected chi connectivity index (χ2v) is 15.2. The Morgan fingerprint density at radius 1 is 0.833 bits per heavy atom. The monoisotopic (exact) mass is 705 g/mol. The van der Waals surface area contributed by atoms with Crippen molar-refractivity contribution in [1.82, 2.24) is 10.2 Å². The molecule has 4 aromatic rings. The molecule has 0 saturated heterocycles. The van der Waals surface area contributed by atoms with E-state index in [-0.39, 0.29) is 29.8 Å². The minimum absolute atomic E-state index is 0.00516. The summed E-state index contributed by atoms with van der Waals surface area (Å²) in [5.74, 6) is -0.871. The van der Waals surface area contributed by atoms with Crippen LogP contribution in [0.4, 0.5) is 5.69 Å². The molecule has 1 fully saturated rings. The Morgan fingerprint density at radius 3 is 2.10 bits per heavy atom. The highest BCUT2D eigenvalue weighted by Gasteiger charge is 2.36. The maximum atomic E-state index is 14.8. The van der Waals surface area contributed by atoms with Crippen LogP contribution in [0.25, 0.3) is 0 Å². The number of halogens is 2. The van der Waals surface area contributed by atoms with Crippen LogP contribution in [0.15, 0.2) is 95.9 Å². The molecule has 10 heteroatoms. The molecule has 1 N–H and O–H groups in total. The first-order valence-electron chi connectivity index (χ1n) is 16.2. The molecule has 7 nitrogen and oxygen atoms in total. The highest BCUT2D eigenvalue weighted by atomic mass is 35.5. The van der Waals surface area contributed by atoms with Gasteiger partial charge in [-0.25, -0.2) is 8.42 Å². The summed E-state index contributed by atoms with van der Waals surface area (Å²) >= 11 is 13.3. The van der Waals surface area contributed by atoms with E-state index < -0.39 is 28.5 Å². The highest BCUT2D eigenvalue weighted by molar-refractivity contribution is 7.92. The van der Waals surface area contributed by atoms with Gasteiger partial charge in [-0.15, -0.1) is 0 Å². The fourth-order valence-electron chi connectivity index (χ4n) is 6.02. The number of hydrogen-bond acceptors (Lipinski definition) is 4. The van der Waals surface area contributed by atoms with E-state index >= 15 is 0 Å². The van der Waals surface area contributed by atoms with E-state index in [9.17, 15) is 18.0 Å². The van der Waals surface area contributed by atoms with Crippen molar-refractivity contribution in [1.29, 1.82) is 0 Å². The van der Waals surface area contributed by atoms with Gasteiger partial charge in [0.05, 0.1) is 10.6 Å². The molecule has 0 aliphatic heterocycles. The zero-order valence-corrected chi connectivity index (χ0v) is 29.8. The van der Waals surface area contributed by atoms with Gasteiger partial charge in [0.15, 0.2) is 0 Å². The number of nitrogens with zero attached hydrogens (tertiary/aromatic N) is 2. The van der Waals surface area contributed by atoms with Gasteiger partial charge in [-0.1, -0.05) is 96.2 Å². The molecule has 1 aliphatic rings. The fraction of sp³-hybridized carbons (Fsp3) is 0.316. The van der Waals surface area contributed by atoms with E-state index in [0.29, 0.717) is 21.3 Å². The van der Waals surface area contributed by atoms with Gasteiger partial charge in [0, 0.05) is 34.6 Å². The summed E-state index contributed by atoms with van der Waals surface area (Å²) in [5.41, 5.74) is 4.44. The van der Waals surface area contributed by atoms with Crippen LogP contribution >= 0.6 is 23.2 Å². The van der Waals surface area contributed by atoms with Crippen molar-refractivity contribution in [3.8, 4) is 0 Å². The van der Waals surface area contributed by atoms with Crippen LogP contribution in [0.2, 0.25) is 10.0 Å². The number of hydrogen-bond donors (Lipinski definition) is 1. The lowest BCUT2D eigenvalue weighted by Gasteiger charge is -2.34. The molecule has 0 spiro atoms. The molecule has 252 valence electrons. The number of aryl methyl sites for hydroxylation is 3. The average molecular weight is 707 g/mol. The van der Waals surface area contributed by atoms with Gasteiger partial charge < -0.3 is 10.2 Å². The molecule has 0 bridgehead atoms. The van der Waals surface area contributed by atoms with Crippen molar-refractivity contribution >= 4 is 50.7 Å². The summed E-state index contributed by atoms with van der Waals surface area (Å²) in [6, 6.07) is 25.4. The van der Waals surface area contributed by atoms with Crippen molar-refractivity contribution in [2.45, 2.75) is 76.4 Å². The molecule has 48 heavy (non-hydrogen) atoms. The Labute approximate surface area is 293 Å². The summed E-state index contributed by atoms with van der Waals surface area (Å²) in [6.45, 7) is 5.06. The quantitative estimate of drug-likeness (QED) is 0.163. The SMILES string of the molecule is Cc1ccc(S(=O)(=O)N(CC(=O)N(Cc2c(Cl)cccc2Cl)[C@@H](Cc2ccccc2)C(=O)NC2CCCC2)c2ccc(C)c(C)c2)cc1. The van der Waals surface area contributed by atoms with Gasteiger partial charge in [0.25, 0.3) is 10.0 Å². The van der Waals surface area contributed by atoms with E-state index in [1.54, 1.807) is 42.5 Å². The minimum Gasteiger partial charge on any atom is -0.352 e. The third kappa shape index (κ3) is 8.41. The fourth-order valence-corrected chi connectivity index (χ4v) is 7.95. The van der Waals surface area contributed by atoms with Crippen LogP contribution in [0.5, 0.6) is 0 Å².